The van der Waals surface area contributed by atoms with Crippen molar-refractivity contribution in [3.63, 3.8) is 0 Å². The van der Waals surface area contributed by atoms with Crippen molar-refractivity contribution >= 4 is 0 Å². The van der Waals surface area contributed by atoms with Gasteiger partial charge in [-0.05, 0) is 23.8 Å². The Morgan fingerprint density at radius 3 is 1.92 bits per heavy atom. The molecule has 0 heterocycles. The molecule has 0 amide bonds. The number of nitrogens with two attached hydrogens (primary N) is 1. The molecule has 0 radical (unpaired) electrons. The van der Waals surface area contributed by atoms with Crippen LogP contribution in [0.25, 0.3) is 0 Å². The Morgan fingerprint density at radius 1 is 1.15 bits per heavy atom. The third-order valence-electron chi connectivity index (χ3n) is 3.12. The van der Waals surface area contributed by atoms with E-state index in [1.54, 1.807) is 0 Å². The molecule has 1 nitrogen and oxygen atoms in total. The Morgan fingerprint density at radius 2 is 1.69 bits per heavy atom. The molecule has 0 aromatic heterocycles. The first kappa shape index (κ1) is 13.0. The Kier molecular flexibility index (Phi) is 5.62. The first-order chi connectivity index (χ1) is 5.97. The van der Waals surface area contributed by atoms with Crippen molar-refractivity contribution in [3.8, 4) is 0 Å². The molecule has 0 aromatic carbocycles. The van der Waals surface area contributed by atoms with E-state index < -0.39 is 0 Å². The quantitative estimate of drug-likeness (QED) is 0.697. The van der Waals surface area contributed by atoms with Gasteiger partial charge in [0.1, 0.15) is 0 Å². The molecule has 2 atom stereocenters. The minimum atomic E-state index is 0.366. The minimum Gasteiger partial charge on any atom is -0.330 e. The summed E-state index contributed by atoms with van der Waals surface area (Å²) in [5, 5.41) is 0. The van der Waals surface area contributed by atoms with Gasteiger partial charge in [-0.2, -0.15) is 0 Å². The van der Waals surface area contributed by atoms with Crippen molar-refractivity contribution in [1.29, 1.82) is 0 Å². The first-order valence-electron chi connectivity index (χ1n) is 5.67. The van der Waals surface area contributed by atoms with E-state index in [1.165, 1.54) is 19.3 Å². The van der Waals surface area contributed by atoms with Gasteiger partial charge >= 0.3 is 0 Å². The largest absolute Gasteiger partial charge is 0.330 e. The van der Waals surface area contributed by atoms with E-state index >= 15 is 0 Å². The Hall–Kier alpha value is -0.0400. The lowest BCUT2D eigenvalue weighted by molar-refractivity contribution is 0.152. The summed E-state index contributed by atoms with van der Waals surface area (Å²) in [5.41, 5.74) is 6.23. The second-order valence-corrected chi connectivity index (χ2v) is 5.17. The van der Waals surface area contributed by atoms with Gasteiger partial charge in [0, 0.05) is 0 Å². The summed E-state index contributed by atoms with van der Waals surface area (Å²) in [4.78, 5) is 0. The van der Waals surface area contributed by atoms with Gasteiger partial charge in [0.05, 0.1) is 0 Å². The van der Waals surface area contributed by atoms with Crippen LogP contribution in [0.15, 0.2) is 0 Å². The molecule has 0 spiro atoms. The summed E-state index contributed by atoms with van der Waals surface area (Å²) < 4.78 is 0. The van der Waals surface area contributed by atoms with Gasteiger partial charge in [0.15, 0.2) is 0 Å². The molecule has 0 saturated carbocycles. The Balaban J connectivity index is 4.34. The fraction of sp³-hybridized carbons (Fsp3) is 1.00. The molecular formula is C12H27N. The number of rotatable bonds is 5. The normalized spacial score (nSPS) is 17.1. The maximum absolute atomic E-state index is 5.87. The van der Waals surface area contributed by atoms with Crippen LogP contribution in [0.5, 0.6) is 0 Å². The van der Waals surface area contributed by atoms with E-state index in [0.29, 0.717) is 11.3 Å². The molecule has 0 rings (SSSR count). The van der Waals surface area contributed by atoms with Gasteiger partial charge < -0.3 is 5.73 Å². The molecule has 0 aromatic rings. The number of hydrogen-bond donors (Lipinski definition) is 1. The van der Waals surface area contributed by atoms with E-state index in [2.05, 4.69) is 34.6 Å². The molecule has 2 unspecified atom stereocenters. The maximum Gasteiger partial charge on any atom is -0.00412 e. The third-order valence-corrected chi connectivity index (χ3v) is 3.12. The molecule has 0 aliphatic heterocycles. The van der Waals surface area contributed by atoms with E-state index in [1.807, 2.05) is 0 Å². The van der Waals surface area contributed by atoms with Crippen molar-refractivity contribution in [2.45, 2.75) is 53.9 Å². The van der Waals surface area contributed by atoms with Crippen molar-refractivity contribution in [1.82, 2.24) is 0 Å². The zero-order valence-electron chi connectivity index (χ0n) is 10.1. The summed E-state index contributed by atoms with van der Waals surface area (Å²) in [6, 6.07) is 0. The molecule has 0 bridgehead atoms. The Labute approximate surface area is 84.1 Å². The highest BCUT2D eigenvalue weighted by Gasteiger charge is 2.29. The topological polar surface area (TPSA) is 26.0 Å². The van der Waals surface area contributed by atoms with E-state index in [4.69, 9.17) is 5.73 Å². The van der Waals surface area contributed by atoms with Crippen LogP contribution in [0.1, 0.15) is 53.9 Å². The molecule has 1 heteroatoms. The summed E-state index contributed by atoms with van der Waals surface area (Å²) in [6.45, 7) is 12.3. The lowest BCUT2D eigenvalue weighted by Crippen LogP contribution is -2.34. The summed E-state index contributed by atoms with van der Waals surface area (Å²) in [7, 11) is 0. The smallest absolute Gasteiger partial charge is 0.00412 e. The van der Waals surface area contributed by atoms with E-state index in [0.717, 1.165) is 12.5 Å². The molecule has 80 valence electrons. The number of hydrogen-bond acceptors (Lipinski definition) is 1. The molecular weight excluding hydrogens is 158 g/mol. The molecule has 0 fully saturated rings. The minimum absolute atomic E-state index is 0.366. The molecule has 0 aliphatic rings. The van der Waals surface area contributed by atoms with Crippen molar-refractivity contribution in [3.05, 3.63) is 0 Å². The van der Waals surface area contributed by atoms with Crippen LogP contribution in [-0.2, 0) is 0 Å². The summed E-state index contributed by atoms with van der Waals surface area (Å²) in [5.74, 6) is 1.49. The fourth-order valence-electron chi connectivity index (χ4n) is 2.31. The highest BCUT2D eigenvalue weighted by atomic mass is 14.6. The van der Waals surface area contributed by atoms with Gasteiger partial charge in [0.2, 0.25) is 0 Å². The van der Waals surface area contributed by atoms with Gasteiger partial charge in [0.25, 0.3) is 0 Å². The van der Waals surface area contributed by atoms with Crippen LogP contribution >= 0.6 is 0 Å². The molecule has 0 saturated heterocycles. The molecule has 2 N–H and O–H groups in total. The highest BCUT2D eigenvalue weighted by Crippen LogP contribution is 2.35. The molecule has 13 heavy (non-hydrogen) atoms. The van der Waals surface area contributed by atoms with Crippen LogP contribution in [-0.4, -0.2) is 6.54 Å². The predicted octanol–water partition coefficient (Wildman–Crippen LogP) is 3.43. The summed E-state index contributed by atoms with van der Waals surface area (Å²) in [6.07, 6.45) is 3.88. The molecule has 0 aliphatic carbocycles. The second-order valence-electron chi connectivity index (χ2n) is 5.17. The Bertz CT molecular complexity index is 124. The van der Waals surface area contributed by atoms with Gasteiger partial charge in [-0.3, -0.25) is 0 Å². The lowest BCUT2D eigenvalue weighted by Gasteiger charge is -2.36. The van der Waals surface area contributed by atoms with Crippen LogP contribution < -0.4 is 5.73 Å². The summed E-state index contributed by atoms with van der Waals surface area (Å²) >= 11 is 0. The zero-order chi connectivity index (χ0) is 10.5. The second kappa shape index (κ2) is 5.64. The first-order valence-corrected chi connectivity index (χ1v) is 5.67. The van der Waals surface area contributed by atoms with Gasteiger partial charge in [-0.1, -0.05) is 53.9 Å². The van der Waals surface area contributed by atoms with Crippen LogP contribution in [0, 0.1) is 17.3 Å². The maximum atomic E-state index is 5.87. The van der Waals surface area contributed by atoms with Crippen molar-refractivity contribution in [2.24, 2.45) is 23.0 Å². The van der Waals surface area contributed by atoms with Gasteiger partial charge in [-0.25, -0.2) is 0 Å². The predicted molar refractivity (Wildman–Crippen MR) is 60.7 cm³/mol. The monoisotopic (exact) mass is 185 g/mol. The van der Waals surface area contributed by atoms with E-state index in [-0.39, 0.29) is 0 Å². The zero-order valence-corrected chi connectivity index (χ0v) is 10.1. The highest BCUT2D eigenvalue weighted by molar-refractivity contribution is 4.80. The van der Waals surface area contributed by atoms with Crippen LogP contribution in [0.2, 0.25) is 0 Å². The van der Waals surface area contributed by atoms with Crippen LogP contribution in [0.4, 0.5) is 0 Å². The van der Waals surface area contributed by atoms with E-state index in [9.17, 15) is 0 Å². The van der Waals surface area contributed by atoms with Gasteiger partial charge in [-0.15, -0.1) is 0 Å². The average Bonchev–Trinajstić information content (AvgIpc) is 2.01. The van der Waals surface area contributed by atoms with Crippen molar-refractivity contribution in [2.75, 3.05) is 6.54 Å². The lowest BCUT2D eigenvalue weighted by atomic mass is 9.71. The SMILES string of the molecule is CCCC(CC)C(CN)C(C)(C)C. The average molecular weight is 185 g/mol. The third kappa shape index (κ3) is 4.12. The standard InChI is InChI=1S/C12H27N/c1-6-8-10(7-2)11(9-13)12(3,4)5/h10-11H,6-9,13H2,1-5H3. The van der Waals surface area contributed by atoms with Crippen molar-refractivity contribution < 1.29 is 0 Å². The fourth-order valence-corrected chi connectivity index (χ4v) is 2.31. The van der Waals surface area contributed by atoms with Crippen LogP contribution in [0.3, 0.4) is 0 Å².